The van der Waals surface area contributed by atoms with Crippen LogP contribution in [-0.2, 0) is 9.53 Å². The van der Waals surface area contributed by atoms with E-state index in [0.29, 0.717) is 12.0 Å². The van der Waals surface area contributed by atoms with Crippen LogP contribution in [0.5, 0.6) is 0 Å². The summed E-state index contributed by atoms with van der Waals surface area (Å²) in [6.07, 6.45) is 8.45. The molecular weight excluding hydrogens is 533 g/mol. The summed E-state index contributed by atoms with van der Waals surface area (Å²) in [5, 5.41) is 7.24. The Morgan fingerprint density at radius 2 is 1.64 bits per heavy atom. The second kappa shape index (κ2) is 11.9. The molecule has 8 nitrogen and oxygen atoms in total. The molecule has 3 rings (SSSR count). The third-order valence-electron chi connectivity index (χ3n) is 6.98. The number of nitrogens with zero attached hydrogens (tertiary/aromatic N) is 3. The lowest BCUT2D eigenvalue weighted by Gasteiger charge is -2.40. The van der Waals surface area contributed by atoms with E-state index in [0.717, 1.165) is 38.1 Å². The number of nitrogens with one attached hydrogen (secondary N) is 2. The van der Waals surface area contributed by atoms with Crippen LogP contribution in [0.2, 0.25) is 0 Å². The first-order valence-corrected chi connectivity index (χ1v) is 12.3. The van der Waals surface area contributed by atoms with E-state index in [9.17, 15) is 9.59 Å². The number of carbonyl (C=O) groups excluding carboxylic acids is 2. The minimum atomic E-state index is -0.481. The number of ether oxygens (including phenoxy) is 1. The zero-order chi connectivity index (χ0) is 23.5. The number of aliphatic imine (C=N–C) groups is 1. The third kappa shape index (κ3) is 7.89. The molecule has 4 unspecified atom stereocenters. The molecule has 190 valence electrons. The van der Waals surface area contributed by atoms with Crippen LogP contribution in [0.15, 0.2) is 4.99 Å². The van der Waals surface area contributed by atoms with Gasteiger partial charge in [0.2, 0.25) is 5.91 Å². The first-order valence-electron chi connectivity index (χ1n) is 12.3. The van der Waals surface area contributed by atoms with Gasteiger partial charge in [-0.25, -0.2) is 9.79 Å². The number of hydrogen-bond acceptors (Lipinski definition) is 4. The number of carbonyl (C=O) groups is 2. The largest absolute Gasteiger partial charge is 0.444 e. The van der Waals surface area contributed by atoms with E-state index in [-0.39, 0.29) is 60.6 Å². The van der Waals surface area contributed by atoms with Crippen LogP contribution in [0.4, 0.5) is 4.79 Å². The number of piperidine rings is 1. The summed E-state index contributed by atoms with van der Waals surface area (Å²) in [5.74, 6) is 1.31. The maximum atomic E-state index is 12.7. The van der Waals surface area contributed by atoms with E-state index in [2.05, 4.69) is 22.5 Å². The molecule has 0 radical (unpaired) electrons. The zero-order valence-electron chi connectivity index (χ0n) is 21.2. The van der Waals surface area contributed by atoms with Crippen molar-refractivity contribution in [2.45, 2.75) is 109 Å². The number of hydrogen-bond donors (Lipinski definition) is 2. The molecule has 2 bridgehead atoms. The number of likely N-dealkylation sites (N-methyl/N-ethyl adjacent to an activating group) is 1. The predicted octanol–water partition coefficient (Wildman–Crippen LogP) is 3.74. The van der Waals surface area contributed by atoms with Crippen molar-refractivity contribution in [3.63, 3.8) is 0 Å². The van der Waals surface area contributed by atoms with Crippen LogP contribution < -0.4 is 10.6 Å². The molecule has 9 heteroatoms. The molecule has 2 N–H and O–H groups in total. The Hall–Kier alpha value is -1.26. The van der Waals surface area contributed by atoms with Crippen LogP contribution in [0, 0.1) is 5.92 Å². The first-order chi connectivity index (χ1) is 15.0. The van der Waals surface area contributed by atoms with Gasteiger partial charge in [0.1, 0.15) is 12.1 Å². The predicted molar refractivity (Wildman–Crippen MR) is 142 cm³/mol. The second-order valence-electron chi connectivity index (χ2n) is 11.1. The molecule has 0 aromatic rings. The van der Waals surface area contributed by atoms with Crippen molar-refractivity contribution in [2.75, 3.05) is 20.6 Å². The van der Waals surface area contributed by atoms with Gasteiger partial charge in [0.25, 0.3) is 0 Å². The average molecular weight is 578 g/mol. The third-order valence-corrected chi connectivity index (χ3v) is 6.98. The summed E-state index contributed by atoms with van der Waals surface area (Å²) >= 11 is 0. The van der Waals surface area contributed by atoms with E-state index < -0.39 is 5.60 Å². The summed E-state index contributed by atoms with van der Waals surface area (Å²) in [5.41, 5.74) is -0.481. The minimum absolute atomic E-state index is 0. The lowest BCUT2D eigenvalue weighted by Crippen LogP contribution is -2.56. The summed E-state index contributed by atoms with van der Waals surface area (Å²) in [6, 6.07) is 0.993. The maximum Gasteiger partial charge on any atom is 0.410 e. The van der Waals surface area contributed by atoms with Crippen molar-refractivity contribution in [1.82, 2.24) is 20.4 Å². The molecule has 33 heavy (non-hydrogen) atoms. The minimum Gasteiger partial charge on any atom is -0.444 e. The molecule has 1 saturated carbocycles. The normalized spacial score (nSPS) is 29.7. The van der Waals surface area contributed by atoms with Crippen molar-refractivity contribution in [2.24, 2.45) is 10.9 Å². The molecule has 0 spiro atoms. The van der Waals surface area contributed by atoms with Crippen LogP contribution in [0.1, 0.15) is 79.1 Å². The maximum absolute atomic E-state index is 12.7. The van der Waals surface area contributed by atoms with Crippen molar-refractivity contribution in [3.8, 4) is 0 Å². The average Bonchev–Trinajstić information content (AvgIpc) is 2.97. The molecule has 3 fully saturated rings. The van der Waals surface area contributed by atoms with Gasteiger partial charge in [0.05, 0.1) is 0 Å². The molecule has 3 aliphatic rings. The highest BCUT2D eigenvalue weighted by atomic mass is 127. The highest BCUT2D eigenvalue weighted by Crippen LogP contribution is 2.37. The van der Waals surface area contributed by atoms with Gasteiger partial charge in [-0.2, -0.15) is 0 Å². The monoisotopic (exact) mass is 577 g/mol. The fourth-order valence-electron chi connectivity index (χ4n) is 5.23. The quantitative estimate of drug-likeness (QED) is 0.302. The molecular formula is C24H44IN5O3. The van der Waals surface area contributed by atoms with Gasteiger partial charge in [-0.3, -0.25) is 4.79 Å². The SMILES string of the molecule is CC1CCCCC1NC(=NCC(=O)N(C)C)NC1CC2CCC(C1)N2C(=O)OC(C)(C)C.I. The number of halogens is 1. The molecule has 0 aromatic carbocycles. The molecule has 2 saturated heterocycles. The van der Waals surface area contributed by atoms with E-state index in [1.54, 1.807) is 19.0 Å². The topological polar surface area (TPSA) is 86.3 Å². The van der Waals surface area contributed by atoms with Crippen LogP contribution in [-0.4, -0.2) is 78.2 Å². The van der Waals surface area contributed by atoms with Crippen LogP contribution in [0.25, 0.3) is 0 Å². The number of guanidine groups is 1. The second-order valence-corrected chi connectivity index (χ2v) is 11.1. The van der Waals surface area contributed by atoms with Gasteiger partial charge in [-0.1, -0.05) is 19.8 Å². The highest BCUT2D eigenvalue weighted by Gasteiger charge is 2.45. The van der Waals surface area contributed by atoms with Crippen LogP contribution in [0.3, 0.4) is 0 Å². The van der Waals surface area contributed by atoms with E-state index in [4.69, 9.17) is 4.74 Å². The Balaban J connectivity index is 0.00000385. The summed E-state index contributed by atoms with van der Waals surface area (Å²) in [4.78, 5) is 33.1. The van der Waals surface area contributed by atoms with Gasteiger partial charge in [-0.15, -0.1) is 24.0 Å². The van der Waals surface area contributed by atoms with Gasteiger partial charge in [-0.05, 0) is 65.2 Å². The van der Waals surface area contributed by atoms with Crippen molar-refractivity contribution in [3.05, 3.63) is 0 Å². The lowest BCUT2D eigenvalue weighted by molar-refractivity contribution is -0.127. The van der Waals surface area contributed by atoms with E-state index in [1.807, 2.05) is 25.7 Å². The Labute approximate surface area is 216 Å². The smallest absolute Gasteiger partial charge is 0.410 e. The zero-order valence-corrected chi connectivity index (χ0v) is 23.6. The highest BCUT2D eigenvalue weighted by molar-refractivity contribution is 14.0. The Morgan fingerprint density at radius 1 is 1.03 bits per heavy atom. The molecule has 1 aliphatic carbocycles. The molecule has 4 atom stereocenters. The van der Waals surface area contributed by atoms with Crippen molar-refractivity contribution >= 4 is 41.9 Å². The van der Waals surface area contributed by atoms with Gasteiger partial charge >= 0.3 is 6.09 Å². The Bertz CT molecular complexity index is 695. The van der Waals surface area contributed by atoms with Gasteiger partial charge in [0.15, 0.2) is 5.96 Å². The first kappa shape index (κ1) is 28.0. The van der Waals surface area contributed by atoms with Gasteiger partial charge in [0, 0.05) is 38.3 Å². The lowest BCUT2D eigenvalue weighted by atomic mass is 9.86. The van der Waals surface area contributed by atoms with E-state index in [1.165, 1.54) is 19.3 Å². The standard InChI is InChI=1S/C24H43N5O3.HI/c1-16-9-7-8-10-20(16)27-22(25-15-21(30)28(5)6)26-17-13-18-11-12-19(14-17)29(18)23(31)32-24(2,3)4;/h16-20H,7-15H2,1-6H3,(H2,25,26,27);1H. The van der Waals surface area contributed by atoms with E-state index >= 15 is 0 Å². The van der Waals surface area contributed by atoms with Crippen molar-refractivity contribution < 1.29 is 14.3 Å². The Kier molecular flexibility index (Phi) is 10.1. The molecule has 2 aliphatic heterocycles. The van der Waals surface area contributed by atoms with Crippen LogP contribution >= 0.6 is 24.0 Å². The fourth-order valence-corrected chi connectivity index (χ4v) is 5.23. The summed E-state index contributed by atoms with van der Waals surface area (Å²) in [6.45, 7) is 8.16. The fraction of sp³-hybridized carbons (Fsp3) is 0.875. The molecule has 2 heterocycles. The molecule has 2 amide bonds. The Morgan fingerprint density at radius 3 is 2.18 bits per heavy atom. The number of rotatable bonds is 4. The molecule has 0 aromatic heterocycles. The van der Waals surface area contributed by atoms with Crippen molar-refractivity contribution in [1.29, 1.82) is 0 Å². The summed E-state index contributed by atoms with van der Waals surface area (Å²) < 4.78 is 5.66. The summed E-state index contributed by atoms with van der Waals surface area (Å²) in [7, 11) is 3.51. The number of amides is 2. The number of fused-ring (bicyclic) bond motifs is 2. The van der Waals surface area contributed by atoms with Gasteiger partial charge < -0.3 is 25.2 Å².